The van der Waals surface area contributed by atoms with Crippen LogP contribution < -0.4 is 14.8 Å². The minimum Gasteiger partial charge on any atom is -0.493 e. The van der Waals surface area contributed by atoms with E-state index in [0.29, 0.717) is 42.5 Å². The standard InChI is InChI=1S/C24H29N5O5S/c1-17-26-23(15-28(17)2)35(31,32)29-12-8-19(9-13-29)24(30)27-20-4-5-21(33-3)22(14-20)34-16-18-6-10-25-11-7-18/h4-7,10-11,14-15,19H,8-9,12-13,16H2,1-3H3,(H,27,30). The van der Waals surface area contributed by atoms with Crippen LogP contribution >= 0.6 is 0 Å². The van der Waals surface area contributed by atoms with E-state index in [4.69, 9.17) is 9.47 Å². The number of rotatable bonds is 8. The molecule has 0 aliphatic carbocycles. The van der Waals surface area contributed by atoms with Crippen molar-refractivity contribution in [2.45, 2.75) is 31.4 Å². The van der Waals surface area contributed by atoms with Gasteiger partial charge in [0.05, 0.1) is 7.11 Å². The van der Waals surface area contributed by atoms with Crippen LogP contribution in [0.5, 0.6) is 11.5 Å². The fraction of sp³-hybridized carbons (Fsp3) is 0.375. The second-order valence-corrected chi connectivity index (χ2v) is 10.3. The highest BCUT2D eigenvalue weighted by Gasteiger charge is 2.33. The number of hydrogen-bond donors (Lipinski definition) is 1. The number of sulfonamides is 1. The normalized spacial score (nSPS) is 15.1. The highest BCUT2D eigenvalue weighted by molar-refractivity contribution is 7.89. The number of amides is 1. The topological polar surface area (TPSA) is 116 Å². The zero-order valence-corrected chi connectivity index (χ0v) is 20.8. The predicted octanol–water partition coefficient (Wildman–Crippen LogP) is 2.75. The number of hydrogen-bond acceptors (Lipinski definition) is 7. The van der Waals surface area contributed by atoms with E-state index >= 15 is 0 Å². The molecule has 0 bridgehead atoms. The highest BCUT2D eigenvalue weighted by Crippen LogP contribution is 2.32. The van der Waals surface area contributed by atoms with Gasteiger partial charge in [-0.3, -0.25) is 9.78 Å². The monoisotopic (exact) mass is 499 g/mol. The average Bonchev–Trinajstić information content (AvgIpc) is 3.22. The third-order valence-corrected chi connectivity index (χ3v) is 7.86. The van der Waals surface area contributed by atoms with Gasteiger partial charge >= 0.3 is 0 Å². The SMILES string of the molecule is COc1ccc(NC(=O)C2CCN(S(=O)(=O)c3cn(C)c(C)n3)CC2)cc1OCc1ccncc1. The van der Waals surface area contributed by atoms with Crippen molar-refractivity contribution in [2.24, 2.45) is 13.0 Å². The number of benzene rings is 1. The van der Waals surface area contributed by atoms with Crippen molar-refractivity contribution >= 4 is 21.6 Å². The molecular formula is C24H29N5O5S. The lowest BCUT2D eigenvalue weighted by Crippen LogP contribution is -2.41. The number of aryl methyl sites for hydroxylation is 2. The molecule has 0 spiro atoms. The zero-order valence-electron chi connectivity index (χ0n) is 20.0. The van der Waals surface area contributed by atoms with Gasteiger partial charge in [-0.1, -0.05) is 0 Å². The molecule has 1 saturated heterocycles. The fourth-order valence-electron chi connectivity index (χ4n) is 3.89. The average molecular weight is 500 g/mol. The molecule has 3 aromatic rings. The first-order valence-corrected chi connectivity index (χ1v) is 12.7. The summed E-state index contributed by atoms with van der Waals surface area (Å²) in [6, 6.07) is 8.93. The number of nitrogens with zero attached hydrogens (tertiary/aromatic N) is 4. The maximum Gasteiger partial charge on any atom is 0.262 e. The number of anilines is 1. The van der Waals surface area contributed by atoms with Gasteiger partial charge in [0.2, 0.25) is 5.91 Å². The summed E-state index contributed by atoms with van der Waals surface area (Å²) >= 11 is 0. The van der Waals surface area contributed by atoms with E-state index in [2.05, 4.69) is 15.3 Å². The van der Waals surface area contributed by atoms with Crippen LogP contribution in [-0.4, -0.2) is 53.4 Å². The molecule has 0 atom stereocenters. The highest BCUT2D eigenvalue weighted by atomic mass is 32.2. The first kappa shape index (κ1) is 24.7. The first-order valence-electron chi connectivity index (χ1n) is 11.3. The Balaban J connectivity index is 1.37. The van der Waals surface area contributed by atoms with E-state index in [1.165, 1.54) is 10.5 Å². The van der Waals surface area contributed by atoms with Crippen molar-refractivity contribution < 1.29 is 22.7 Å². The van der Waals surface area contributed by atoms with Crippen LogP contribution in [0.4, 0.5) is 5.69 Å². The molecule has 186 valence electrons. The van der Waals surface area contributed by atoms with Crippen molar-refractivity contribution in [1.82, 2.24) is 18.8 Å². The molecule has 35 heavy (non-hydrogen) atoms. The van der Waals surface area contributed by atoms with Gasteiger partial charge in [0, 0.05) is 56.4 Å². The molecule has 10 nitrogen and oxygen atoms in total. The number of methoxy groups -OCH3 is 1. The van der Waals surface area contributed by atoms with E-state index in [0.717, 1.165) is 5.56 Å². The van der Waals surface area contributed by atoms with Gasteiger partial charge < -0.3 is 19.4 Å². The van der Waals surface area contributed by atoms with Crippen LogP contribution in [0.25, 0.3) is 0 Å². The lowest BCUT2D eigenvalue weighted by molar-refractivity contribution is -0.120. The summed E-state index contributed by atoms with van der Waals surface area (Å²) in [7, 11) is -0.366. The van der Waals surface area contributed by atoms with Crippen molar-refractivity contribution in [3.8, 4) is 11.5 Å². The molecule has 1 amide bonds. The summed E-state index contributed by atoms with van der Waals surface area (Å²) < 4.78 is 40.2. The van der Waals surface area contributed by atoms with Crippen LogP contribution in [0.1, 0.15) is 24.2 Å². The van der Waals surface area contributed by atoms with Gasteiger partial charge in [0.25, 0.3) is 10.0 Å². The summed E-state index contributed by atoms with van der Waals surface area (Å²) in [5.41, 5.74) is 1.54. The Morgan fingerprint density at radius 1 is 1.14 bits per heavy atom. The molecule has 0 radical (unpaired) electrons. The molecule has 4 rings (SSSR count). The molecule has 1 aliphatic heterocycles. The molecule has 0 unspecified atom stereocenters. The number of carbonyl (C=O) groups excluding carboxylic acids is 1. The van der Waals surface area contributed by atoms with Crippen LogP contribution in [0.15, 0.2) is 53.9 Å². The summed E-state index contributed by atoms with van der Waals surface area (Å²) in [6.07, 6.45) is 5.76. The minimum atomic E-state index is -3.68. The second kappa shape index (κ2) is 10.4. The molecule has 2 aromatic heterocycles. The van der Waals surface area contributed by atoms with Crippen molar-refractivity contribution in [3.63, 3.8) is 0 Å². The van der Waals surface area contributed by atoms with E-state index < -0.39 is 10.0 Å². The molecule has 1 aliphatic rings. The Kier molecular flexibility index (Phi) is 7.37. The quantitative estimate of drug-likeness (QED) is 0.507. The Morgan fingerprint density at radius 3 is 2.49 bits per heavy atom. The van der Waals surface area contributed by atoms with Crippen LogP contribution in [0.2, 0.25) is 0 Å². The van der Waals surface area contributed by atoms with Crippen molar-refractivity contribution in [1.29, 1.82) is 0 Å². The van der Waals surface area contributed by atoms with Crippen LogP contribution in [-0.2, 0) is 28.5 Å². The number of piperidine rings is 1. The number of ether oxygens (including phenoxy) is 2. The summed E-state index contributed by atoms with van der Waals surface area (Å²) in [5.74, 6) is 1.24. The van der Waals surface area contributed by atoms with Gasteiger partial charge in [0.15, 0.2) is 16.5 Å². The van der Waals surface area contributed by atoms with Crippen LogP contribution in [0, 0.1) is 12.8 Å². The van der Waals surface area contributed by atoms with Gasteiger partial charge in [-0.25, -0.2) is 13.4 Å². The van der Waals surface area contributed by atoms with E-state index in [1.54, 1.807) is 56.2 Å². The molecule has 0 saturated carbocycles. The lowest BCUT2D eigenvalue weighted by Gasteiger charge is -2.30. The number of nitrogens with one attached hydrogen (secondary N) is 1. The molecule has 1 N–H and O–H groups in total. The Hall–Kier alpha value is -3.44. The maximum atomic E-state index is 12.9. The first-order chi connectivity index (χ1) is 16.8. The van der Waals surface area contributed by atoms with Gasteiger partial charge in [-0.05, 0) is 49.6 Å². The molecular weight excluding hydrogens is 470 g/mol. The molecule has 3 heterocycles. The second-order valence-electron chi connectivity index (χ2n) is 8.41. The van der Waals surface area contributed by atoms with Gasteiger partial charge in [-0.2, -0.15) is 4.31 Å². The summed E-state index contributed by atoms with van der Waals surface area (Å²) in [4.78, 5) is 21.1. The van der Waals surface area contributed by atoms with E-state index in [1.807, 2.05) is 12.1 Å². The lowest BCUT2D eigenvalue weighted by atomic mass is 9.97. The fourth-order valence-corrected chi connectivity index (χ4v) is 5.39. The van der Waals surface area contributed by atoms with Gasteiger partial charge in [0.1, 0.15) is 12.4 Å². The zero-order chi connectivity index (χ0) is 25.0. The third kappa shape index (κ3) is 5.63. The van der Waals surface area contributed by atoms with Crippen molar-refractivity contribution in [3.05, 3.63) is 60.3 Å². The molecule has 1 fully saturated rings. The number of carbonyl (C=O) groups is 1. The minimum absolute atomic E-state index is 0.0397. The summed E-state index contributed by atoms with van der Waals surface area (Å²) in [6.45, 7) is 2.61. The smallest absolute Gasteiger partial charge is 0.262 e. The number of imidazole rings is 1. The molecule has 1 aromatic carbocycles. The Morgan fingerprint density at radius 2 is 1.86 bits per heavy atom. The number of aromatic nitrogens is 3. The van der Waals surface area contributed by atoms with E-state index in [-0.39, 0.29) is 29.9 Å². The van der Waals surface area contributed by atoms with Gasteiger partial charge in [-0.15, -0.1) is 0 Å². The predicted molar refractivity (Wildman–Crippen MR) is 130 cm³/mol. The Labute approximate surface area is 205 Å². The number of pyridine rings is 1. The van der Waals surface area contributed by atoms with Crippen molar-refractivity contribution in [2.75, 3.05) is 25.5 Å². The largest absolute Gasteiger partial charge is 0.493 e. The van der Waals surface area contributed by atoms with Crippen LogP contribution in [0.3, 0.4) is 0 Å². The third-order valence-electron chi connectivity index (χ3n) is 6.09. The maximum absolute atomic E-state index is 12.9. The summed E-state index contributed by atoms with van der Waals surface area (Å²) in [5, 5.41) is 2.97. The molecule has 11 heteroatoms. The van der Waals surface area contributed by atoms with E-state index in [9.17, 15) is 13.2 Å². The Bertz CT molecular complexity index is 1270.